The second kappa shape index (κ2) is 9.04. The number of amides is 1. The lowest BCUT2D eigenvalue weighted by atomic mass is 10.00. The van der Waals surface area contributed by atoms with E-state index in [4.69, 9.17) is 14.2 Å². The van der Waals surface area contributed by atoms with E-state index in [1.807, 2.05) is 71.9 Å². The molecule has 1 aliphatic rings. The molecule has 6 heteroatoms. The quantitative estimate of drug-likeness (QED) is 0.778. The van der Waals surface area contributed by atoms with E-state index in [-0.39, 0.29) is 18.2 Å². The van der Waals surface area contributed by atoms with Gasteiger partial charge in [0.25, 0.3) is 0 Å². The first-order valence-corrected chi connectivity index (χ1v) is 9.64. The summed E-state index contributed by atoms with van der Waals surface area (Å²) in [5.41, 5.74) is 0.703. The smallest absolute Gasteiger partial charge is 0.410 e. The van der Waals surface area contributed by atoms with Crippen LogP contribution in [0.1, 0.15) is 59.6 Å². The highest BCUT2D eigenvalue weighted by Crippen LogP contribution is 2.30. The van der Waals surface area contributed by atoms with Crippen LogP contribution in [0.5, 0.6) is 0 Å². The van der Waals surface area contributed by atoms with Crippen LogP contribution in [-0.2, 0) is 14.2 Å². The van der Waals surface area contributed by atoms with Crippen molar-refractivity contribution in [3.05, 3.63) is 35.9 Å². The molecule has 1 aromatic carbocycles. The molecule has 3 atom stereocenters. The molecule has 1 aliphatic heterocycles. The van der Waals surface area contributed by atoms with Gasteiger partial charge < -0.3 is 24.2 Å². The Morgan fingerprint density at radius 1 is 1.22 bits per heavy atom. The maximum Gasteiger partial charge on any atom is 0.410 e. The van der Waals surface area contributed by atoms with Crippen molar-refractivity contribution in [2.45, 2.75) is 84.1 Å². The van der Waals surface area contributed by atoms with Crippen molar-refractivity contribution in [2.24, 2.45) is 0 Å². The molecule has 1 N–H and O–H groups in total. The molecule has 6 nitrogen and oxygen atoms in total. The second-order valence-electron chi connectivity index (χ2n) is 8.06. The van der Waals surface area contributed by atoms with Crippen LogP contribution in [0.3, 0.4) is 0 Å². The molecule has 2 rings (SSSR count). The number of hydrogen-bond donors (Lipinski definition) is 1. The topological polar surface area (TPSA) is 68.2 Å². The lowest BCUT2D eigenvalue weighted by Gasteiger charge is -2.33. The van der Waals surface area contributed by atoms with Crippen molar-refractivity contribution < 1.29 is 24.1 Å². The fraction of sp³-hybridized carbons (Fsp3) is 0.667. The summed E-state index contributed by atoms with van der Waals surface area (Å²) < 4.78 is 17.3. The molecule has 1 aromatic rings. The molecule has 1 heterocycles. The minimum Gasteiger partial charge on any atom is -0.443 e. The maximum absolute atomic E-state index is 12.8. The van der Waals surface area contributed by atoms with Gasteiger partial charge in [0.1, 0.15) is 12.2 Å². The summed E-state index contributed by atoms with van der Waals surface area (Å²) in [6, 6.07) is 9.23. The maximum atomic E-state index is 12.8. The Kier molecular flexibility index (Phi) is 7.25. The van der Waals surface area contributed by atoms with E-state index >= 15 is 0 Å². The Hall–Kier alpha value is -1.63. The molecule has 0 radical (unpaired) electrons. The first-order valence-electron chi connectivity index (χ1n) is 9.64. The first kappa shape index (κ1) is 21.7. The molecule has 27 heavy (non-hydrogen) atoms. The lowest BCUT2D eigenvalue weighted by Crippen LogP contribution is -2.45. The van der Waals surface area contributed by atoms with Crippen molar-refractivity contribution in [2.75, 3.05) is 6.61 Å². The third-order valence-corrected chi connectivity index (χ3v) is 4.63. The van der Waals surface area contributed by atoms with Gasteiger partial charge in [0.15, 0.2) is 5.79 Å². The van der Waals surface area contributed by atoms with Crippen LogP contribution >= 0.6 is 0 Å². The molecule has 0 aromatic heterocycles. The van der Waals surface area contributed by atoms with Gasteiger partial charge in [-0.05, 0) is 47.1 Å². The Bertz CT molecular complexity index is 594. The number of ether oxygens (including phenoxy) is 3. The highest BCUT2D eigenvalue weighted by atomic mass is 16.7. The Morgan fingerprint density at radius 3 is 2.30 bits per heavy atom. The molecule has 0 aliphatic carbocycles. The molecule has 0 saturated carbocycles. The summed E-state index contributed by atoms with van der Waals surface area (Å²) in [7, 11) is 0. The molecule has 0 spiro atoms. The van der Waals surface area contributed by atoms with Crippen LogP contribution < -0.4 is 0 Å². The molecular formula is C21H33NO5. The Labute approximate surface area is 162 Å². The monoisotopic (exact) mass is 379 g/mol. The van der Waals surface area contributed by atoms with E-state index in [0.717, 1.165) is 0 Å². The average molecular weight is 379 g/mol. The van der Waals surface area contributed by atoms with Crippen LogP contribution in [0.25, 0.3) is 0 Å². The van der Waals surface area contributed by atoms with E-state index in [1.54, 1.807) is 4.90 Å². The van der Waals surface area contributed by atoms with Gasteiger partial charge in [0.2, 0.25) is 0 Å². The second-order valence-corrected chi connectivity index (χ2v) is 8.06. The van der Waals surface area contributed by atoms with E-state index in [9.17, 15) is 9.90 Å². The fourth-order valence-corrected chi connectivity index (χ4v) is 3.45. The minimum atomic E-state index is -0.941. The fourth-order valence-electron chi connectivity index (χ4n) is 3.45. The van der Waals surface area contributed by atoms with E-state index in [1.165, 1.54) is 0 Å². The number of carbonyl (C=O) groups excluding carboxylic acids is 1. The van der Waals surface area contributed by atoms with Gasteiger partial charge in [0, 0.05) is 18.5 Å². The lowest BCUT2D eigenvalue weighted by molar-refractivity contribution is -0.144. The highest BCUT2D eigenvalue weighted by Gasteiger charge is 2.38. The van der Waals surface area contributed by atoms with Gasteiger partial charge in [-0.15, -0.1) is 0 Å². The number of aliphatic hydroxyl groups is 1. The van der Waals surface area contributed by atoms with E-state index < -0.39 is 24.1 Å². The van der Waals surface area contributed by atoms with Crippen molar-refractivity contribution in [1.29, 1.82) is 0 Å². The van der Waals surface area contributed by atoms with Crippen LogP contribution in [0.2, 0.25) is 0 Å². The van der Waals surface area contributed by atoms with Gasteiger partial charge in [-0.2, -0.15) is 0 Å². The number of aliphatic hydroxyl groups excluding tert-OH is 1. The zero-order valence-electron chi connectivity index (χ0n) is 17.2. The Balaban J connectivity index is 2.17. The number of carbonyl (C=O) groups is 1. The summed E-state index contributed by atoms with van der Waals surface area (Å²) in [6.07, 6.45) is -2.00. The summed E-state index contributed by atoms with van der Waals surface area (Å²) in [5.74, 6) is -0.668. The predicted octanol–water partition coefficient (Wildman–Crippen LogP) is 3.89. The first-order chi connectivity index (χ1) is 12.6. The molecule has 1 unspecified atom stereocenters. The summed E-state index contributed by atoms with van der Waals surface area (Å²) in [6.45, 7) is 11.9. The van der Waals surface area contributed by atoms with E-state index in [0.29, 0.717) is 18.6 Å². The molecule has 1 amide bonds. The van der Waals surface area contributed by atoms with Gasteiger partial charge in [-0.25, -0.2) is 4.79 Å². The summed E-state index contributed by atoms with van der Waals surface area (Å²) in [5, 5.41) is 10.9. The van der Waals surface area contributed by atoms with Crippen molar-refractivity contribution in [1.82, 2.24) is 4.90 Å². The minimum absolute atomic E-state index is 0.00276. The van der Waals surface area contributed by atoms with Crippen LogP contribution in [0, 0.1) is 0 Å². The molecule has 152 valence electrons. The Morgan fingerprint density at radius 2 is 1.81 bits per heavy atom. The van der Waals surface area contributed by atoms with Crippen molar-refractivity contribution in [3.8, 4) is 0 Å². The standard InChI is InChI=1S/C21H33NO5/c1-14(2)22(15(3)4)20(24)26-18(12-17-13-25-21(5,6)27-17)19(23)16-10-8-7-9-11-16/h7-11,14-15,17-19,23H,12-13H2,1-6H3/t17-,18+,19?/m0/s1. The number of benzene rings is 1. The third kappa shape index (κ3) is 5.92. The zero-order valence-corrected chi connectivity index (χ0v) is 17.2. The van der Waals surface area contributed by atoms with E-state index in [2.05, 4.69) is 0 Å². The van der Waals surface area contributed by atoms with Gasteiger partial charge in [0.05, 0.1) is 12.7 Å². The van der Waals surface area contributed by atoms with Crippen molar-refractivity contribution in [3.63, 3.8) is 0 Å². The van der Waals surface area contributed by atoms with Gasteiger partial charge in [-0.3, -0.25) is 0 Å². The number of hydrogen-bond acceptors (Lipinski definition) is 5. The van der Waals surface area contributed by atoms with Crippen LogP contribution in [0.15, 0.2) is 30.3 Å². The largest absolute Gasteiger partial charge is 0.443 e. The highest BCUT2D eigenvalue weighted by molar-refractivity contribution is 5.68. The zero-order chi connectivity index (χ0) is 20.2. The summed E-state index contributed by atoms with van der Waals surface area (Å²) in [4.78, 5) is 14.5. The van der Waals surface area contributed by atoms with Gasteiger partial charge in [-0.1, -0.05) is 30.3 Å². The average Bonchev–Trinajstić information content (AvgIpc) is 2.92. The van der Waals surface area contributed by atoms with Crippen LogP contribution in [-0.4, -0.2) is 52.8 Å². The normalized spacial score (nSPS) is 21.3. The van der Waals surface area contributed by atoms with Crippen molar-refractivity contribution >= 4 is 6.09 Å². The third-order valence-electron chi connectivity index (χ3n) is 4.63. The predicted molar refractivity (Wildman–Crippen MR) is 103 cm³/mol. The molecule has 1 saturated heterocycles. The molecular weight excluding hydrogens is 346 g/mol. The molecule has 0 bridgehead atoms. The van der Waals surface area contributed by atoms with Crippen LogP contribution in [0.4, 0.5) is 4.79 Å². The number of rotatable bonds is 7. The van der Waals surface area contributed by atoms with Gasteiger partial charge >= 0.3 is 6.09 Å². The number of nitrogens with zero attached hydrogens (tertiary/aromatic N) is 1. The summed E-state index contributed by atoms with van der Waals surface area (Å²) >= 11 is 0. The molecule has 1 fully saturated rings. The SMILES string of the molecule is CC(C)N(C(=O)O[C@H](C[C@H]1COC(C)(C)O1)C(O)c1ccccc1)C(C)C.